The maximum absolute atomic E-state index is 12.2. The van der Waals surface area contributed by atoms with Crippen LogP contribution in [0.1, 0.15) is 17.4 Å². The highest BCUT2D eigenvalue weighted by Crippen LogP contribution is 2.12. The summed E-state index contributed by atoms with van der Waals surface area (Å²) in [7, 11) is 0. The third kappa shape index (κ3) is 2.49. The van der Waals surface area contributed by atoms with Crippen LogP contribution in [0, 0.1) is 0 Å². The van der Waals surface area contributed by atoms with Crippen LogP contribution in [0.15, 0.2) is 36.4 Å². The minimum Gasteiger partial charge on any atom is -0.336 e. The van der Waals surface area contributed by atoms with Gasteiger partial charge in [0, 0.05) is 25.0 Å². The molecule has 4 heteroatoms. The number of fused-ring (bicyclic) bond motifs is 1. The van der Waals surface area contributed by atoms with Gasteiger partial charge in [0.05, 0.1) is 5.52 Å². The van der Waals surface area contributed by atoms with E-state index < -0.39 is 0 Å². The average Bonchev–Trinajstić information content (AvgIpc) is 2.43. The number of nitrogens with two attached hydrogens (primary N) is 1. The Kier molecular flexibility index (Phi) is 3.89. The number of nitrogens with zero attached hydrogens (tertiary/aromatic N) is 2. The molecule has 94 valence electrons. The van der Waals surface area contributed by atoms with Crippen LogP contribution in [0.25, 0.3) is 10.9 Å². The van der Waals surface area contributed by atoms with Gasteiger partial charge in [-0.1, -0.05) is 24.3 Å². The highest BCUT2D eigenvalue weighted by Gasteiger charge is 2.14. The van der Waals surface area contributed by atoms with Gasteiger partial charge in [-0.05, 0) is 19.1 Å². The maximum atomic E-state index is 12.2. The summed E-state index contributed by atoms with van der Waals surface area (Å²) < 4.78 is 0. The fourth-order valence-corrected chi connectivity index (χ4v) is 1.91. The van der Waals surface area contributed by atoms with Crippen LogP contribution in [-0.2, 0) is 0 Å². The molecule has 0 aliphatic carbocycles. The normalized spacial score (nSPS) is 10.6. The second kappa shape index (κ2) is 5.60. The number of carbonyl (C=O) groups excluding carboxylic acids is 1. The Hall–Kier alpha value is -1.94. The minimum atomic E-state index is -0.0614. The number of hydrogen-bond acceptors (Lipinski definition) is 3. The average molecular weight is 243 g/mol. The van der Waals surface area contributed by atoms with Crippen molar-refractivity contribution in [3.63, 3.8) is 0 Å². The van der Waals surface area contributed by atoms with Crippen molar-refractivity contribution in [3.8, 4) is 0 Å². The van der Waals surface area contributed by atoms with Gasteiger partial charge in [-0.3, -0.25) is 4.79 Å². The fourth-order valence-electron chi connectivity index (χ4n) is 1.91. The number of hydrogen-bond donors (Lipinski definition) is 1. The van der Waals surface area contributed by atoms with E-state index in [1.165, 1.54) is 0 Å². The molecule has 0 saturated heterocycles. The molecule has 0 aliphatic heterocycles. The van der Waals surface area contributed by atoms with Gasteiger partial charge < -0.3 is 10.6 Å². The van der Waals surface area contributed by atoms with Gasteiger partial charge in [0.15, 0.2) is 0 Å². The van der Waals surface area contributed by atoms with Crippen LogP contribution < -0.4 is 5.73 Å². The summed E-state index contributed by atoms with van der Waals surface area (Å²) in [4.78, 5) is 18.3. The first-order valence-corrected chi connectivity index (χ1v) is 6.11. The van der Waals surface area contributed by atoms with Crippen LogP contribution >= 0.6 is 0 Å². The van der Waals surface area contributed by atoms with Crippen molar-refractivity contribution in [1.29, 1.82) is 0 Å². The number of rotatable bonds is 4. The third-order valence-electron chi connectivity index (χ3n) is 2.89. The van der Waals surface area contributed by atoms with Crippen molar-refractivity contribution in [2.24, 2.45) is 5.73 Å². The molecule has 0 saturated carbocycles. The Labute approximate surface area is 106 Å². The lowest BCUT2D eigenvalue weighted by Gasteiger charge is -2.19. The fraction of sp³-hybridized carbons (Fsp3) is 0.286. The van der Waals surface area contributed by atoms with E-state index in [0.717, 1.165) is 10.9 Å². The molecule has 2 aromatic rings. The minimum absolute atomic E-state index is 0.0614. The van der Waals surface area contributed by atoms with Crippen molar-refractivity contribution < 1.29 is 4.79 Å². The van der Waals surface area contributed by atoms with Crippen LogP contribution in [0.4, 0.5) is 0 Å². The summed E-state index contributed by atoms with van der Waals surface area (Å²) >= 11 is 0. The first kappa shape index (κ1) is 12.5. The smallest absolute Gasteiger partial charge is 0.272 e. The summed E-state index contributed by atoms with van der Waals surface area (Å²) in [6.07, 6.45) is 0. The molecule has 0 spiro atoms. The number of benzene rings is 1. The molecule has 0 aliphatic rings. The number of amides is 1. The molecule has 0 radical (unpaired) electrons. The first-order valence-electron chi connectivity index (χ1n) is 6.11. The predicted octanol–water partition coefficient (Wildman–Crippen LogP) is 1.66. The van der Waals surface area contributed by atoms with Crippen LogP contribution in [0.2, 0.25) is 0 Å². The lowest BCUT2D eigenvalue weighted by atomic mass is 10.2. The van der Waals surface area contributed by atoms with E-state index in [-0.39, 0.29) is 5.91 Å². The van der Waals surface area contributed by atoms with Crippen molar-refractivity contribution in [2.45, 2.75) is 6.92 Å². The van der Waals surface area contributed by atoms with Gasteiger partial charge in [-0.2, -0.15) is 0 Å². The lowest BCUT2D eigenvalue weighted by Crippen LogP contribution is -2.35. The predicted molar refractivity (Wildman–Crippen MR) is 72.4 cm³/mol. The number of likely N-dealkylation sites (N-methyl/N-ethyl adjacent to an activating group) is 1. The van der Waals surface area contributed by atoms with E-state index >= 15 is 0 Å². The molecule has 1 aromatic carbocycles. The Morgan fingerprint density at radius 3 is 2.78 bits per heavy atom. The molecular weight excluding hydrogens is 226 g/mol. The monoisotopic (exact) mass is 243 g/mol. The standard InChI is InChI=1S/C14H17N3O/c1-2-17(10-9-15)14(18)13-8-7-11-5-3-4-6-12(11)16-13/h3-8H,2,9-10,15H2,1H3. The molecule has 18 heavy (non-hydrogen) atoms. The zero-order valence-corrected chi connectivity index (χ0v) is 10.5. The third-order valence-corrected chi connectivity index (χ3v) is 2.89. The second-order valence-corrected chi connectivity index (χ2v) is 4.06. The topological polar surface area (TPSA) is 59.2 Å². The second-order valence-electron chi connectivity index (χ2n) is 4.06. The Morgan fingerprint density at radius 2 is 2.06 bits per heavy atom. The van der Waals surface area contributed by atoms with Gasteiger partial charge in [-0.25, -0.2) is 4.98 Å². The molecule has 2 N–H and O–H groups in total. The van der Waals surface area contributed by atoms with E-state index in [1.807, 2.05) is 37.3 Å². The van der Waals surface area contributed by atoms with Crippen molar-refractivity contribution >= 4 is 16.8 Å². The summed E-state index contributed by atoms with van der Waals surface area (Å²) in [6.45, 7) is 3.61. The molecular formula is C14H17N3O. The lowest BCUT2D eigenvalue weighted by molar-refractivity contribution is 0.0763. The number of para-hydroxylation sites is 1. The zero-order valence-electron chi connectivity index (χ0n) is 10.5. The number of pyridine rings is 1. The van der Waals surface area contributed by atoms with Gasteiger partial charge >= 0.3 is 0 Å². The summed E-state index contributed by atoms with van der Waals surface area (Å²) in [5.41, 5.74) is 6.81. The van der Waals surface area contributed by atoms with Crippen LogP contribution in [0.3, 0.4) is 0 Å². The molecule has 0 atom stereocenters. The number of aromatic nitrogens is 1. The Balaban J connectivity index is 2.32. The maximum Gasteiger partial charge on any atom is 0.272 e. The molecule has 2 rings (SSSR count). The van der Waals surface area contributed by atoms with Crippen molar-refractivity contribution in [1.82, 2.24) is 9.88 Å². The summed E-state index contributed by atoms with van der Waals surface area (Å²) in [5, 5.41) is 1.04. The van der Waals surface area contributed by atoms with Crippen LogP contribution in [0.5, 0.6) is 0 Å². The largest absolute Gasteiger partial charge is 0.336 e. The van der Waals surface area contributed by atoms with E-state index in [9.17, 15) is 4.79 Å². The number of carbonyl (C=O) groups is 1. The molecule has 1 amide bonds. The molecule has 0 unspecified atom stereocenters. The first-order chi connectivity index (χ1) is 8.76. The van der Waals surface area contributed by atoms with E-state index in [2.05, 4.69) is 4.98 Å². The van der Waals surface area contributed by atoms with Crippen molar-refractivity contribution in [2.75, 3.05) is 19.6 Å². The summed E-state index contributed by atoms with van der Waals surface area (Å²) in [5.74, 6) is -0.0614. The zero-order chi connectivity index (χ0) is 13.0. The molecule has 1 aromatic heterocycles. The highest BCUT2D eigenvalue weighted by atomic mass is 16.2. The van der Waals surface area contributed by atoms with Gasteiger partial charge in [0.2, 0.25) is 0 Å². The molecule has 0 bridgehead atoms. The molecule has 0 fully saturated rings. The highest BCUT2D eigenvalue weighted by molar-refractivity contribution is 5.94. The SMILES string of the molecule is CCN(CCN)C(=O)c1ccc2ccccc2n1. The molecule has 4 nitrogen and oxygen atoms in total. The van der Waals surface area contributed by atoms with E-state index in [1.54, 1.807) is 11.0 Å². The van der Waals surface area contributed by atoms with Crippen LogP contribution in [-0.4, -0.2) is 35.4 Å². The van der Waals surface area contributed by atoms with Gasteiger partial charge in [-0.15, -0.1) is 0 Å². The van der Waals surface area contributed by atoms with Gasteiger partial charge in [0.25, 0.3) is 5.91 Å². The molecule has 1 heterocycles. The Morgan fingerprint density at radius 1 is 1.28 bits per heavy atom. The van der Waals surface area contributed by atoms with Gasteiger partial charge in [0.1, 0.15) is 5.69 Å². The quantitative estimate of drug-likeness (QED) is 0.888. The van der Waals surface area contributed by atoms with E-state index in [0.29, 0.717) is 25.3 Å². The van der Waals surface area contributed by atoms with E-state index in [4.69, 9.17) is 5.73 Å². The Bertz CT molecular complexity index is 553. The summed E-state index contributed by atoms with van der Waals surface area (Å²) in [6, 6.07) is 11.5. The van der Waals surface area contributed by atoms with Crippen molar-refractivity contribution in [3.05, 3.63) is 42.1 Å².